The van der Waals surface area contributed by atoms with Crippen molar-refractivity contribution in [1.82, 2.24) is 9.97 Å². The van der Waals surface area contributed by atoms with Gasteiger partial charge in [-0.05, 0) is 43.5 Å². The van der Waals surface area contributed by atoms with Gasteiger partial charge in [0.15, 0.2) is 0 Å². The van der Waals surface area contributed by atoms with Crippen LogP contribution in [0.5, 0.6) is 0 Å². The van der Waals surface area contributed by atoms with Crippen LogP contribution >= 0.6 is 11.3 Å². The number of hydrogen-bond donors (Lipinski definition) is 1. The van der Waals surface area contributed by atoms with Gasteiger partial charge in [-0.2, -0.15) is 5.26 Å². The number of nitrogens with one attached hydrogen (secondary N) is 1. The molecule has 2 heterocycles. The molecule has 1 aromatic carbocycles. The smallest absolute Gasteiger partial charge is 0.227 e. The lowest BCUT2D eigenvalue weighted by molar-refractivity contribution is -0.120. The van der Waals surface area contributed by atoms with E-state index in [1.807, 2.05) is 24.3 Å². The second-order valence-electron chi connectivity index (χ2n) is 6.19. The molecule has 4 rings (SSSR count). The molecular weight excluding hydrogens is 344 g/mol. The van der Waals surface area contributed by atoms with E-state index < -0.39 is 0 Å². The third-order valence-corrected chi connectivity index (χ3v) is 5.64. The van der Waals surface area contributed by atoms with Gasteiger partial charge >= 0.3 is 0 Å². The number of carbonyl (C=O) groups excluding carboxylic acids is 1. The molecule has 3 aromatic rings. The second kappa shape index (κ2) is 7.06. The molecule has 0 bridgehead atoms. The zero-order valence-electron chi connectivity index (χ0n) is 14.0. The Morgan fingerprint density at radius 3 is 2.88 bits per heavy atom. The molecule has 1 atom stereocenters. The molecule has 0 saturated carbocycles. The van der Waals surface area contributed by atoms with Gasteiger partial charge in [-0.25, -0.2) is 4.98 Å². The Labute approximate surface area is 155 Å². The number of hydrogen-bond acceptors (Lipinski definition) is 5. The first-order valence-corrected chi connectivity index (χ1v) is 9.26. The highest BCUT2D eigenvalue weighted by atomic mass is 32.1. The minimum Gasteiger partial charge on any atom is -0.325 e. The third-order valence-electron chi connectivity index (χ3n) is 4.50. The standard InChI is InChI=1S/C20H16N4OS/c21-12-14-5-1-2-6-15(14)23-19(25)13-8-9-16-18(11-13)26-20(24-16)17-7-3-4-10-22-17/h1-7,10,13H,8-9,11H2,(H,23,25). The fourth-order valence-corrected chi connectivity index (χ4v) is 4.29. The van der Waals surface area contributed by atoms with E-state index >= 15 is 0 Å². The minimum absolute atomic E-state index is 0.0360. The van der Waals surface area contributed by atoms with Crippen LogP contribution in [-0.2, 0) is 17.6 Å². The first-order chi connectivity index (χ1) is 12.7. The van der Waals surface area contributed by atoms with Crippen molar-refractivity contribution in [3.63, 3.8) is 0 Å². The highest BCUT2D eigenvalue weighted by Gasteiger charge is 2.28. The first kappa shape index (κ1) is 16.4. The fraction of sp³-hybridized carbons (Fsp3) is 0.200. The number of carbonyl (C=O) groups is 1. The molecule has 0 fully saturated rings. The van der Waals surface area contributed by atoms with Crippen molar-refractivity contribution in [2.24, 2.45) is 5.92 Å². The number of aromatic nitrogens is 2. The van der Waals surface area contributed by atoms with Gasteiger partial charge in [0.2, 0.25) is 5.91 Å². The Balaban J connectivity index is 1.51. The van der Waals surface area contributed by atoms with Gasteiger partial charge in [0, 0.05) is 17.0 Å². The molecule has 0 radical (unpaired) electrons. The molecule has 5 nitrogen and oxygen atoms in total. The van der Waals surface area contributed by atoms with Gasteiger partial charge in [-0.3, -0.25) is 9.78 Å². The van der Waals surface area contributed by atoms with Crippen molar-refractivity contribution in [3.8, 4) is 16.8 Å². The molecule has 0 aliphatic heterocycles. The Hall–Kier alpha value is -3.04. The quantitative estimate of drug-likeness (QED) is 0.770. The lowest BCUT2D eigenvalue weighted by atomic mass is 9.90. The molecule has 2 aromatic heterocycles. The average molecular weight is 360 g/mol. The van der Waals surface area contributed by atoms with Crippen LogP contribution in [0.15, 0.2) is 48.7 Å². The van der Waals surface area contributed by atoms with Crippen molar-refractivity contribution < 1.29 is 4.79 Å². The summed E-state index contributed by atoms with van der Waals surface area (Å²) in [6.45, 7) is 0. The van der Waals surface area contributed by atoms with Crippen molar-refractivity contribution in [3.05, 3.63) is 64.8 Å². The highest BCUT2D eigenvalue weighted by Crippen LogP contribution is 2.34. The lowest BCUT2D eigenvalue weighted by Gasteiger charge is -2.20. The van der Waals surface area contributed by atoms with E-state index in [0.29, 0.717) is 17.7 Å². The summed E-state index contributed by atoms with van der Waals surface area (Å²) in [5.74, 6) is -0.141. The van der Waals surface area contributed by atoms with E-state index in [1.54, 1.807) is 35.7 Å². The number of para-hydroxylation sites is 1. The number of nitrogens with zero attached hydrogens (tertiary/aromatic N) is 3. The maximum Gasteiger partial charge on any atom is 0.227 e. The zero-order valence-corrected chi connectivity index (χ0v) is 14.8. The minimum atomic E-state index is -0.105. The molecule has 0 saturated heterocycles. The van der Waals surface area contributed by atoms with Crippen LogP contribution in [0, 0.1) is 17.2 Å². The molecular formula is C20H16N4OS. The Morgan fingerprint density at radius 2 is 2.08 bits per heavy atom. The number of rotatable bonds is 3. The highest BCUT2D eigenvalue weighted by molar-refractivity contribution is 7.15. The van der Waals surface area contributed by atoms with Crippen LogP contribution in [0.1, 0.15) is 22.6 Å². The van der Waals surface area contributed by atoms with E-state index in [0.717, 1.165) is 34.1 Å². The van der Waals surface area contributed by atoms with Crippen LogP contribution < -0.4 is 5.32 Å². The second-order valence-corrected chi connectivity index (χ2v) is 7.27. The van der Waals surface area contributed by atoms with Gasteiger partial charge in [0.05, 0.1) is 22.6 Å². The molecule has 1 N–H and O–H groups in total. The van der Waals surface area contributed by atoms with Gasteiger partial charge in [-0.1, -0.05) is 18.2 Å². The molecule has 1 unspecified atom stereocenters. The molecule has 0 spiro atoms. The molecule has 1 amide bonds. The van der Waals surface area contributed by atoms with Gasteiger partial charge in [0.1, 0.15) is 11.1 Å². The maximum absolute atomic E-state index is 12.7. The summed E-state index contributed by atoms with van der Waals surface area (Å²) in [6, 6.07) is 15.0. The first-order valence-electron chi connectivity index (χ1n) is 8.44. The maximum atomic E-state index is 12.7. The Kier molecular flexibility index (Phi) is 4.46. The summed E-state index contributed by atoms with van der Waals surface area (Å²) in [4.78, 5) is 22.9. The van der Waals surface area contributed by atoms with Gasteiger partial charge in [-0.15, -0.1) is 11.3 Å². The van der Waals surface area contributed by atoms with Crippen molar-refractivity contribution in [2.45, 2.75) is 19.3 Å². The predicted octanol–water partition coefficient (Wildman–Crippen LogP) is 3.82. The molecule has 26 heavy (non-hydrogen) atoms. The SMILES string of the molecule is N#Cc1ccccc1NC(=O)C1CCc2nc(-c3ccccn3)sc2C1. The number of benzene rings is 1. The Morgan fingerprint density at radius 1 is 1.23 bits per heavy atom. The topological polar surface area (TPSA) is 78.7 Å². The zero-order chi connectivity index (χ0) is 17.9. The van der Waals surface area contributed by atoms with Gasteiger partial charge < -0.3 is 5.32 Å². The summed E-state index contributed by atoms with van der Waals surface area (Å²) >= 11 is 1.62. The van der Waals surface area contributed by atoms with Crippen molar-refractivity contribution in [2.75, 3.05) is 5.32 Å². The molecule has 6 heteroatoms. The van der Waals surface area contributed by atoms with E-state index in [4.69, 9.17) is 10.2 Å². The number of amides is 1. The lowest BCUT2D eigenvalue weighted by Crippen LogP contribution is -2.28. The van der Waals surface area contributed by atoms with Crippen LogP contribution in [-0.4, -0.2) is 15.9 Å². The van der Waals surface area contributed by atoms with Crippen LogP contribution in [0.2, 0.25) is 0 Å². The van der Waals surface area contributed by atoms with Crippen LogP contribution in [0.4, 0.5) is 5.69 Å². The van der Waals surface area contributed by atoms with Gasteiger partial charge in [0.25, 0.3) is 0 Å². The predicted molar refractivity (Wildman–Crippen MR) is 101 cm³/mol. The average Bonchev–Trinajstić information content (AvgIpc) is 3.12. The van der Waals surface area contributed by atoms with Crippen molar-refractivity contribution in [1.29, 1.82) is 5.26 Å². The summed E-state index contributed by atoms with van der Waals surface area (Å²) in [5, 5.41) is 13.0. The van der Waals surface area contributed by atoms with E-state index in [2.05, 4.69) is 16.4 Å². The third kappa shape index (κ3) is 3.22. The number of fused-ring (bicyclic) bond motifs is 1. The number of aryl methyl sites for hydroxylation is 1. The van der Waals surface area contributed by atoms with Crippen LogP contribution in [0.3, 0.4) is 0 Å². The van der Waals surface area contributed by atoms with E-state index in [1.165, 1.54) is 0 Å². The number of anilines is 1. The number of nitriles is 1. The van der Waals surface area contributed by atoms with Crippen LogP contribution in [0.25, 0.3) is 10.7 Å². The monoisotopic (exact) mass is 360 g/mol. The summed E-state index contributed by atoms with van der Waals surface area (Å²) in [7, 11) is 0. The fourth-order valence-electron chi connectivity index (χ4n) is 3.12. The molecule has 1 aliphatic rings. The summed E-state index contributed by atoms with van der Waals surface area (Å²) < 4.78 is 0. The summed E-state index contributed by atoms with van der Waals surface area (Å²) in [5.41, 5.74) is 3.00. The van der Waals surface area contributed by atoms with Crippen molar-refractivity contribution >= 4 is 22.9 Å². The molecule has 1 aliphatic carbocycles. The number of pyridine rings is 1. The van der Waals surface area contributed by atoms with E-state index in [9.17, 15) is 4.79 Å². The van der Waals surface area contributed by atoms with E-state index in [-0.39, 0.29) is 11.8 Å². The Bertz CT molecular complexity index is 991. The normalized spacial score (nSPS) is 15.7. The largest absolute Gasteiger partial charge is 0.325 e. The number of thiazole rings is 1. The summed E-state index contributed by atoms with van der Waals surface area (Å²) in [6.07, 6.45) is 3.99. The molecule has 128 valence electrons.